The number of hydrogen-bond donors (Lipinski definition) is 1. The summed E-state index contributed by atoms with van der Waals surface area (Å²) in [5, 5.41) is 11.5. The highest BCUT2D eigenvalue weighted by molar-refractivity contribution is 7.91. The first-order valence-electron chi connectivity index (χ1n) is 11.4. The molecule has 1 N–H and O–H groups in total. The molecule has 35 heavy (non-hydrogen) atoms. The number of nitrogens with zero attached hydrogens (tertiary/aromatic N) is 4. The number of piperazine rings is 1. The fourth-order valence-corrected chi connectivity index (χ4v) is 5.84. The molecule has 1 aliphatic rings. The Kier molecular flexibility index (Phi) is 6.39. The zero-order chi connectivity index (χ0) is 24.6. The summed E-state index contributed by atoms with van der Waals surface area (Å²) in [6.07, 6.45) is 3.64. The topological polar surface area (TPSA) is 95.2 Å². The van der Waals surface area contributed by atoms with Crippen LogP contribution in [0.2, 0.25) is 5.02 Å². The number of sulfone groups is 1. The maximum atomic E-state index is 12.9. The van der Waals surface area contributed by atoms with Crippen molar-refractivity contribution in [2.24, 2.45) is 0 Å². The average Bonchev–Trinajstić information content (AvgIpc) is 3.29. The highest BCUT2D eigenvalue weighted by atomic mass is 35.5. The number of hydrogen-bond acceptors (Lipinski definition) is 6. The number of amides is 1. The molecule has 4 aromatic rings. The number of aromatic nitrogens is 2. The van der Waals surface area contributed by atoms with Gasteiger partial charge >= 0.3 is 0 Å². The predicted octanol–water partition coefficient (Wildman–Crippen LogP) is 3.15. The van der Waals surface area contributed by atoms with Crippen molar-refractivity contribution in [3.8, 4) is 0 Å². The molecule has 0 spiro atoms. The highest BCUT2D eigenvalue weighted by Gasteiger charge is 2.24. The van der Waals surface area contributed by atoms with Gasteiger partial charge in [-0.05, 0) is 41.1 Å². The molecule has 0 bridgehead atoms. The first-order chi connectivity index (χ1) is 16.8. The Morgan fingerprint density at radius 1 is 1.00 bits per heavy atom. The number of pyridine rings is 1. The van der Waals surface area contributed by atoms with Crippen LogP contribution in [0.5, 0.6) is 0 Å². The molecule has 10 heteroatoms. The van der Waals surface area contributed by atoms with Gasteiger partial charge in [0.1, 0.15) is 5.65 Å². The standard InChI is InChI=1S/C25H25ClN4O4S/c26-20-3-1-19-14-23(4-2-18(19)13-20)35(33,34)12-6-25(32)29-10-8-28(9-11-29)22-5-7-30-16-21(17-31)27-24(30)15-22/h1-5,7,13-16,31H,6,8-12,17H2. The SMILES string of the molecule is O=C(CCS(=O)(=O)c1ccc2cc(Cl)ccc2c1)N1CCN(c2ccn3cc(CO)nc3c2)CC1. The van der Waals surface area contributed by atoms with Crippen LogP contribution in [0.3, 0.4) is 0 Å². The lowest BCUT2D eigenvalue weighted by Crippen LogP contribution is -2.49. The number of carbonyl (C=O) groups is 1. The lowest BCUT2D eigenvalue weighted by molar-refractivity contribution is -0.131. The Balaban J connectivity index is 1.18. The van der Waals surface area contributed by atoms with Crippen molar-refractivity contribution in [1.29, 1.82) is 0 Å². The number of aliphatic hydroxyl groups excluding tert-OH is 1. The van der Waals surface area contributed by atoms with Crippen LogP contribution in [0.4, 0.5) is 5.69 Å². The van der Waals surface area contributed by atoms with Crippen LogP contribution in [-0.2, 0) is 21.2 Å². The van der Waals surface area contributed by atoms with Crippen LogP contribution in [0.15, 0.2) is 65.8 Å². The van der Waals surface area contributed by atoms with Crippen LogP contribution < -0.4 is 4.90 Å². The number of imidazole rings is 1. The third kappa shape index (κ3) is 4.98. The van der Waals surface area contributed by atoms with E-state index in [1.807, 2.05) is 22.7 Å². The molecule has 182 valence electrons. The van der Waals surface area contributed by atoms with Crippen molar-refractivity contribution in [3.63, 3.8) is 0 Å². The largest absolute Gasteiger partial charge is 0.390 e. The van der Waals surface area contributed by atoms with Crippen LogP contribution in [0.25, 0.3) is 16.4 Å². The van der Waals surface area contributed by atoms with Crippen LogP contribution >= 0.6 is 11.6 Å². The molecule has 5 rings (SSSR count). The molecule has 0 aliphatic carbocycles. The van der Waals surface area contributed by atoms with Crippen LogP contribution in [-0.4, -0.2) is 65.6 Å². The first kappa shape index (κ1) is 23.6. The van der Waals surface area contributed by atoms with Gasteiger partial charge in [-0.2, -0.15) is 0 Å². The van der Waals surface area contributed by atoms with E-state index in [0.29, 0.717) is 36.9 Å². The Bertz CT molecular complexity index is 1510. The summed E-state index contributed by atoms with van der Waals surface area (Å²) in [6, 6.07) is 14.2. The number of anilines is 1. The zero-order valence-electron chi connectivity index (χ0n) is 19.0. The molecule has 1 aliphatic heterocycles. The van der Waals surface area contributed by atoms with Gasteiger partial charge in [0.05, 0.1) is 22.9 Å². The van der Waals surface area contributed by atoms with Gasteiger partial charge in [-0.1, -0.05) is 23.7 Å². The van der Waals surface area contributed by atoms with Gasteiger partial charge in [0.25, 0.3) is 0 Å². The van der Waals surface area contributed by atoms with E-state index in [-0.39, 0.29) is 29.6 Å². The van der Waals surface area contributed by atoms with E-state index in [4.69, 9.17) is 11.6 Å². The molecular weight excluding hydrogens is 488 g/mol. The summed E-state index contributed by atoms with van der Waals surface area (Å²) < 4.78 is 27.6. The number of rotatable bonds is 6. The molecule has 1 amide bonds. The summed E-state index contributed by atoms with van der Waals surface area (Å²) in [5.41, 5.74) is 2.37. The molecule has 0 saturated carbocycles. The van der Waals surface area contributed by atoms with E-state index in [9.17, 15) is 18.3 Å². The third-order valence-electron chi connectivity index (χ3n) is 6.37. The fraction of sp³-hybridized carbons (Fsp3) is 0.280. The van der Waals surface area contributed by atoms with E-state index in [1.165, 1.54) is 0 Å². The summed E-state index contributed by atoms with van der Waals surface area (Å²) >= 11 is 6.00. The lowest BCUT2D eigenvalue weighted by atomic mass is 10.1. The van der Waals surface area contributed by atoms with Crippen LogP contribution in [0.1, 0.15) is 12.1 Å². The minimum absolute atomic E-state index is 0.0506. The normalized spacial score (nSPS) is 14.7. The molecule has 0 unspecified atom stereocenters. The van der Waals surface area contributed by atoms with Gasteiger partial charge in [-0.3, -0.25) is 4.79 Å². The first-order valence-corrected chi connectivity index (χ1v) is 13.4. The molecule has 1 fully saturated rings. The van der Waals surface area contributed by atoms with Gasteiger partial charge in [0.15, 0.2) is 9.84 Å². The van der Waals surface area contributed by atoms with Crippen molar-refractivity contribution in [2.75, 3.05) is 36.8 Å². The maximum Gasteiger partial charge on any atom is 0.223 e. The molecule has 8 nitrogen and oxygen atoms in total. The fourth-order valence-electron chi connectivity index (χ4n) is 4.40. The monoisotopic (exact) mass is 512 g/mol. The Labute approximate surface area is 208 Å². The third-order valence-corrected chi connectivity index (χ3v) is 8.32. The Hall–Kier alpha value is -3.14. The number of halogens is 1. The highest BCUT2D eigenvalue weighted by Crippen LogP contribution is 2.24. The second-order valence-electron chi connectivity index (χ2n) is 8.63. The molecule has 2 aromatic heterocycles. The molecular formula is C25H25ClN4O4S. The van der Waals surface area contributed by atoms with E-state index < -0.39 is 9.84 Å². The number of carbonyl (C=O) groups excluding carboxylic acids is 1. The molecule has 3 heterocycles. The number of aliphatic hydroxyl groups is 1. The summed E-state index contributed by atoms with van der Waals surface area (Å²) in [6.45, 7) is 2.24. The lowest BCUT2D eigenvalue weighted by Gasteiger charge is -2.36. The molecule has 1 saturated heterocycles. The van der Waals surface area contributed by atoms with E-state index >= 15 is 0 Å². The summed E-state index contributed by atoms with van der Waals surface area (Å²) in [4.78, 5) is 21.3. The van der Waals surface area contributed by atoms with E-state index in [1.54, 1.807) is 47.5 Å². The summed E-state index contributed by atoms with van der Waals surface area (Å²) in [5.74, 6) is -0.383. The van der Waals surface area contributed by atoms with Crippen molar-refractivity contribution < 1.29 is 18.3 Å². The second-order valence-corrected chi connectivity index (χ2v) is 11.2. The predicted molar refractivity (Wildman–Crippen MR) is 136 cm³/mol. The molecule has 0 atom stereocenters. The number of fused-ring (bicyclic) bond motifs is 2. The minimum Gasteiger partial charge on any atom is -0.390 e. The van der Waals surface area contributed by atoms with Crippen molar-refractivity contribution >= 4 is 49.5 Å². The smallest absolute Gasteiger partial charge is 0.223 e. The molecule has 0 radical (unpaired) electrons. The zero-order valence-corrected chi connectivity index (χ0v) is 20.5. The van der Waals surface area contributed by atoms with Gasteiger partial charge in [0.2, 0.25) is 5.91 Å². The quantitative estimate of drug-likeness (QED) is 0.426. The van der Waals surface area contributed by atoms with E-state index in [2.05, 4.69) is 9.88 Å². The molecule has 2 aromatic carbocycles. The van der Waals surface area contributed by atoms with Crippen molar-refractivity contribution in [3.05, 3.63) is 71.6 Å². The second kappa shape index (κ2) is 9.49. The van der Waals surface area contributed by atoms with Gasteiger partial charge in [-0.25, -0.2) is 13.4 Å². The van der Waals surface area contributed by atoms with Gasteiger partial charge in [-0.15, -0.1) is 0 Å². The average molecular weight is 513 g/mol. The minimum atomic E-state index is -3.59. The van der Waals surface area contributed by atoms with Gasteiger partial charge < -0.3 is 19.3 Å². The van der Waals surface area contributed by atoms with Crippen molar-refractivity contribution in [1.82, 2.24) is 14.3 Å². The van der Waals surface area contributed by atoms with Crippen LogP contribution in [0, 0.1) is 0 Å². The maximum absolute atomic E-state index is 12.9. The van der Waals surface area contributed by atoms with E-state index in [0.717, 1.165) is 22.1 Å². The van der Waals surface area contributed by atoms with Gasteiger partial charge in [0, 0.05) is 61.8 Å². The summed E-state index contributed by atoms with van der Waals surface area (Å²) in [7, 11) is -3.59. The Morgan fingerprint density at radius 3 is 2.51 bits per heavy atom. The number of benzene rings is 2. The van der Waals surface area contributed by atoms with Crippen molar-refractivity contribution in [2.45, 2.75) is 17.9 Å². The Morgan fingerprint density at radius 2 is 1.74 bits per heavy atom.